The molecule has 1 N–H and O–H groups in total. The highest BCUT2D eigenvalue weighted by Crippen LogP contribution is 2.27. The van der Waals surface area contributed by atoms with Crippen LogP contribution in [0.25, 0.3) is 5.82 Å². The summed E-state index contributed by atoms with van der Waals surface area (Å²) < 4.78 is 41.7. The van der Waals surface area contributed by atoms with E-state index < -0.39 is 16.7 Å². The fourth-order valence-corrected chi connectivity index (χ4v) is 4.11. The molecule has 0 bridgehead atoms. The zero-order chi connectivity index (χ0) is 18.9. The van der Waals surface area contributed by atoms with Crippen molar-refractivity contribution < 1.29 is 12.8 Å². The maximum absolute atomic E-state index is 12.7. The molecule has 2 aromatic heterocycles. The van der Waals surface area contributed by atoms with Gasteiger partial charge in [0.25, 0.3) is 10.0 Å². The zero-order valence-electron chi connectivity index (χ0n) is 12.8. The van der Waals surface area contributed by atoms with Gasteiger partial charge in [-0.15, -0.1) is 0 Å². The molecule has 0 aliphatic carbocycles. The molecule has 0 fully saturated rings. The van der Waals surface area contributed by atoms with Crippen LogP contribution in [0.3, 0.4) is 0 Å². The number of rotatable bonds is 5. The van der Waals surface area contributed by atoms with Crippen LogP contribution >= 0.6 is 34.8 Å². The summed E-state index contributed by atoms with van der Waals surface area (Å²) in [5, 5.41) is 0.418. The zero-order valence-corrected chi connectivity index (χ0v) is 15.9. The number of aromatic nitrogens is 3. The van der Waals surface area contributed by atoms with Crippen molar-refractivity contribution >= 4 is 50.5 Å². The molecule has 0 saturated carbocycles. The first-order chi connectivity index (χ1) is 12.3. The molecule has 0 aliphatic rings. The highest BCUT2D eigenvalue weighted by molar-refractivity contribution is 7.92. The monoisotopic (exact) mass is 434 g/mol. The molecule has 0 aliphatic heterocycles. The summed E-state index contributed by atoms with van der Waals surface area (Å²) in [5.41, 5.74) is 0.456. The summed E-state index contributed by atoms with van der Waals surface area (Å²) in [6, 6.07) is 5.66. The summed E-state index contributed by atoms with van der Waals surface area (Å²) in [6.07, 6.45) is 3.64. The molecule has 11 heteroatoms. The molecule has 0 saturated heterocycles. The highest BCUT2D eigenvalue weighted by atomic mass is 35.5. The van der Waals surface area contributed by atoms with Crippen LogP contribution in [0.15, 0.2) is 48.0 Å². The van der Waals surface area contributed by atoms with Gasteiger partial charge in [0.15, 0.2) is 10.8 Å². The van der Waals surface area contributed by atoms with Crippen LogP contribution in [0, 0.1) is 0 Å². The van der Waals surface area contributed by atoms with Crippen LogP contribution in [-0.4, -0.2) is 23.0 Å². The molecule has 1 aromatic carbocycles. The summed E-state index contributed by atoms with van der Waals surface area (Å²) in [4.78, 5) is 7.86. The van der Waals surface area contributed by atoms with Crippen molar-refractivity contribution in [2.45, 2.75) is 11.7 Å². The number of pyridine rings is 1. The van der Waals surface area contributed by atoms with E-state index in [9.17, 15) is 12.8 Å². The second-order valence-electron chi connectivity index (χ2n) is 5.15. The van der Waals surface area contributed by atoms with Gasteiger partial charge in [-0.05, 0) is 24.3 Å². The molecule has 3 rings (SSSR count). The van der Waals surface area contributed by atoms with Crippen molar-refractivity contribution in [1.29, 1.82) is 0 Å². The fourth-order valence-electron chi connectivity index (χ4n) is 2.18. The third kappa shape index (κ3) is 3.93. The number of imidazole rings is 1. The molecule has 136 valence electrons. The molecule has 0 unspecified atom stereocenters. The Labute approximate surface area is 163 Å². The summed E-state index contributed by atoms with van der Waals surface area (Å²) in [6.45, 7) is -0.737. The Hall–Kier alpha value is -1.87. The predicted molar refractivity (Wildman–Crippen MR) is 98.5 cm³/mol. The number of nitrogens with one attached hydrogen (secondary N) is 1. The molecular weight excluding hydrogens is 426 g/mol. The first-order valence-electron chi connectivity index (χ1n) is 7.02. The van der Waals surface area contributed by atoms with Crippen molar-refractivity contribution in [2.24, 2.45) is 0 Å². The van der Waals surface area contributed by atoms with Gasteiger partial charge in [0.2, 0.25) is 0 Å². The van der Waals surface area contributed by atoms with E-state index in [0.717, 1.165) is 6.20 Å². The van der Waals surface area contributed by atoms with E-state index in [2.05, 4.69) is 14.7 Å². The average molecular weight is 436 g/mol. The lowest BCUT2D eigenvalue weighted by atomic mass is 10.3. The number of anilines is 1. The standard InChI is InChI=1S/C15H10Cl3FN4O2S/c16-10-2-11(17)4-12(3-10)22-26(24,25)14-7-20-8-23(14)15-13(18)1-9(5-19)6-21-15/h1-4,6-8,22H,5H2. The fraction of sp³-hybridized carbons (Fsp3) is 0.0667. The van der Waals surface area contributed by atoms with Crippen LogP contribution in [0.2, 0.25) is 15.1 Å². The minimum Gasteiger partial charge on any atom is -0.278 e. The Morgan fingerprint density at radius 2 is 1.77 bits per heavy atom. The number of alkyl halides is 1. The molecule has 26 heavy (non-hydrogen) atoms. The van der Waals surface area contributed by atoms with Gasteiger partial charge in [0.05, 0.1) is 16.9 Å². The van der Waals surface area contributed by atoms with Crippen molar-refractivity contribution in [1.82, 2.24) is 14.5 Å². The summed E-state index contributed by atoms with van der Waals surface area (Å²) in [7, 11) is -4.05. The SMILES string of the molecule is O=S(=O)(Nc1cc(Cl)cc(Cl)c1)c1cncn1-c1ncc(CF)cc1Cl. The van der Waals surface area contributed by atoms with Crippen molar-refractivity contribution in [3.05, 3.63) is 63.6 Å². The molecule has 0 radical (unpaired) electrons. The maximum atomic E-state index is 12.7. The summed E-state index contributed by atoms with van der Waals surface area (Å²) in [5.74, 6) is 0.103. The molecule has 2 heterocycles. The van der Waals surface area contributed by atoms with E-state index in [-0.39, 0.29) is 37.2 Å². The van der Waals surface area contributed by atoms with Gasteiger partial charge in [0, 0.05) is 21.8 Å². The van der Waals surface area contributed by atoms with Gasteiger partial charge >= 0.3 is 0 Å². The number of nitrogens with zero attached hydrogens (tertiary/aromatic N) is 3. The van der Waals surface area contributed by atoms with E-state index in [0.29, 0.717) is 0 Å². The Bertz CT molecular complexity index is 1050. The lowest BCUT2D eigenvalue weighted by Gasteiger charge is -2.12. The van der Waals surface area contributed by atoms with Crippen LogP contribution in [0.5, 0.6) is 0 Å². The normalized spacial score (nSPS) is 11.5. The van der Waals surface area contributed by atoms with Gasteiger partial charge in [-0.25, -0.2) is 14.4 Å². The third-order valence-electron chi connectivity index (χ3n) is 3.26. The van der Waals surface area contributed by atoms with Crippen molar-refractivity contribution in [3.63, 3.8) is 0 Å². The number of halogens is 4. The molecule has 6 nitrogen and oxygen atoms in total. The smallest absolute Gasteiger partial charge is 0.278 e. The Kier molecular flexibility index (Phi) is 5.38. The van der Waals surface area contributed by atoms with E-state index in [1.165, 1.54) is 41.4 Å². The first kappa shape index (κ1) is 18.9. The number of hydrogen-bond acceptors (Lipinski definition) is 4. The first-order valence-corrected chi connectivity index (χ1v) is 9.64. The number of sulfonamides is 1. The minimum absolute atomic E-state index is 0.0837. The largest absolute Gasteiger partial charge is 0.279 e. The van der Waals surface area contributed by atoms with Gasteiger partial charge < -0.3 is 0 Å². The van der Waals surface area contributed by atoms with Crippen molar-refractivity contribution in [3.8, 4) is 5.82 Å². The lowest BCUT2D eigenvalue weighted by Crippen LogP contribution is -2.17. The Morgan fingerprint density at radius 3 is 2.38 bits per heavy atom. The van der Waals surface area contributed by atoms with E-state index in [1.807, 2.05) is 0 Å². The van der Waals surface area contributed by atoms with Gasteiger partial charge in [-0.1, -0.05) is 34.8 Å². The third-order valence-corrected chi connectivity index (χ3v) is 5.33. The average Bonchev–Trinajstić information content (AvgIpc) is 3.03. The summed E-state index contributed by atoms with van der Waals surface area (Å²) >= 11 is 17.9. The van der Waals surface area contributed by atoms with Crippen LogP contribution in [-0.2, 0) is 16.7 Å². The lowest BCUT2D eigenvalue weighted by molar-refractivity contribution is 0.484. The van der Waals surface area contributed by atoms with E-state index >= 15 is 0 Å². The van der Waals surface area contributed by atoms with Gasteiger partial charge in [-0.3, -0.25) is 9.29 Å². The van der Waals surface area contributed by atoms with Gasteiger partial charge in [0.1, 0.15) is 13.0 Å². The number of hydrogen-bond donors (Lipinski definition) is 1. The quantitative estimate of drug-likeness (QED) is 0.640. The van der Waals surface area contributed by atoms with Gasteiger partial charge in [-0.2, -0.15) is 8.42 Å². The van der Waals surface area contributed by atoms with E-state index in [4.69, 9.17) is 34.8 Å². The highest BCUT2D eigenvalue weighted by Gasteiger charge is 2.22. The molecule has 3 aromatic rings. The Balaban J connectivity index is 2.01. The van der Waals surface area contributed by atoms with Crippen LogP contribution in [0.1, 0.15) is 5.56 Å². The van der Waals surface area contributed by atoms with Crippen LogP contribution < -0.4 is 4.72 Å². The second-order valence-corrected chi connectivity index (χ2v) is 8.06. The molecule has 0 atom stereocenters. The molecule has 0 spiro atoms. The predicted octanol–water partition coefficient (Wildman–Crippen LogP) is 4.50. The maximum Gasteiger partial charge on any atom is 0.279 e. The Morgan fingerprint density at radius 1 is 1.08 bits per heavy atom. The second kappa shape index (κ2) is 7.40. The van der Waals surface area contributed by atoms with Crippen molar-refractivity contribution in [2.75, 3.05) is 4.72 Å². The minimum atomic E-state index is -4.05. The molecule has 0 amide bonds. The number of benzene rings is 1. The van der Waals surface area contributed by atoms with Crippen LogP contribution in [0.4, 0.5) is 10.1 Å². The topological polar surface area (TPSA) is 76.9 Å². The van der Waals surface area contributed by atoms with E-state index in [1.54, 1.807) is 0 Å². The molecular formula is C15H10Cl3FN4O2S.